The van der Waals surface area contributed by atoms with Gasteiger partial charge in [0.15, 0.2) is 11.5 Å². The maximum absolute atomic E-state index is 12.8. The van der Waals surface area contributed by atoms with E-state index in [0.717, 1.165) is 30.6 Å². The first kappa shape index (κ1) is 25.2. The van der Waals surface area contributed by atoms with Gasteiger partial charge in [0.25, 0.3) is 5.91 Å². The van der Waals surface area contributed by atoms with E-state index in [2.05, 4.69) is 30.8 Å². The third kappa shape index (κ3) is 5.51. The molecule has 0 fully saturated rings. The van der Waals surface area contributed by atoms with Crippen molar-refractivity contribution in [3.63, 3.8) is 0 Å². The molecule has 1 aromatic heterocycles. The molecule has 2 aliphatic heterocycles. The van der Waals surface area contributed by atoms with Crippen molar-refractivity contribution in [2.24, 2.45) is 0 Å². The second-order valence-corrected chi connectivity index (χ2v) is 8.91. The summed E-state index contributed by atoms with van der Waals surface area (Å²) >= 11 is 0. The molecule has 4 rings (SSSR count). The van der Waals surface area contributed by atoms with E-state index in [1.165, 1.54) is 6.33 Å². The van der Waals surface area contributed by atoms with Gasteiger partial charge >= 0.3 is 0 Å². The van der Waals surface area contributed by atoms with Crippen LogP contribution in [0.25, 0.3) is 5.57 Å². The third-order valence-corrected chi connectivity index (χ3v) is 6.29. The average molecular weight is 496 g/mol. The van der Waals surface area contributed by atoms with Crippen LogP contribution < -0.4 is 25.4 Å². The number of benzene rings is 1. The summed E-state index contributed by atoms with van der Waals surface area (Å²) in [6.07, 6.45) is 5.05. The Kier molecular flexibility index (Phi) is 7.89. The van der Waals surface area contributed by atoms with Crippen molar-refractivity contribution >= 4 is 34.7 Å². The summed E-state index contributed by atoms with van der Waals surface area (Å²) < 4.78 is 11.2. The van der Waals surface area contributed by atoms with E-state index in [1.54, 1.807) is 25.3 Å². The highest BCUT2D eigenvalue weighted by Gasteiger charge is 2.29. The minimum absolute atomic E-state index is 0.120. The SMILES string of the molecule is COc1cc2cc(c1OC)CN(C)CCCC(=O)N(C)CCCNc1ncnc3c1/C(=C/N2)C(=O)N3. The lowest BCUT2D eigenvalue weighted by Gasteiger charge is -2.21. The lowest BCUT2D eigenvalue weighted by Crippen LogP contribution is -2.29. The third-order valence-electron chi connectivity index (χ3n) is 6.29. The van der Waals surface area contributed by atoms with Gasteiger partial charge in [0, 0.05) is 56.6 Å². The van der Waals surface area contributed by atoms with Gasteiger partial charge in [0.1, 0.15) is 18.0 Å². The van der Waals surface area contributed by atoms with Crippen molar-refractivity contribution in [3.05, 3.63) is 35.8 Å². The fraction of sp³-hybridized carbons (Fsp3) is 0.440. The van der Waals surface area contributed by atoms with Crippen LogP contribution >= 0.6 is 0 Å². The average Bonchev–Trinajstić information content (AvgIpc) is 3.19. The summed E-state index contributed by atoms with van der Waals surface area (Å²) in [6.45, 7) is 2.57. The number of amides is 2. The van der Waals surface area contributed by atoms with E-state index >= 15 is 0 Å². The number of ether oxygens (including phenoxy) is 2. The standard InChI is InChI=1S/C25H33N7O4/c1-31-9-5-7-20(33)32(2)10-6-8-26-23-21-18(25(34)30-24(21)29-15-28-23)13-27-17-11-16(14-31)22(36-4)19(12-17)35-3/h11-13,15,27H,5-10,14H2,1-4H3,(H2,26,28,29,30,34)/b18-13-. The minimum Gasteiger partial charge on any atom is -0.493 e. The minimum atomic E-state index is -0.266. The normalized spacial score (nSPS) is 18.9. The molecule has 3 N–H and O–H groups in total. The van der Waals surface area contributed by atoms with Gasteiger partial charge < -0.3 is 35.2 Å². The number of carbonyl (C=O) groups excluding carboxylic acids is 2. The van der Waals surface area contributed by atoms with Crippen LogP contribution in [-0.2, 0) is 16.1 Å². The van der Waals surface area contributed by atoms with E-state index in [9.17, 15) is 9.59 Å². The van der Waals surface area contributed by atoms with E-state index in [4.69, 9.17) is 9.47 Å². The Balaban J connectivity index is 1.71. The highest BCUT2D eigenvalue weighted by atomic mass is 16.5. The van der Waals surface area contributed by atoms with Gasteiger partial charge in [-0.3, -0.25) is 9.59 Å². The molecule has 1 aromatic carbocycles. The van der Waals surface area contributed by atoms with Crippen molar-refractivity contribution in [2.45, 2.75) is 25.8 Å². The molecule has 36 heavy (non-hydrogen) atoms. The highest BCUT2D eigenvalue weighted by molar-refractivity contribution is 6.32. The zero-order valence-corrected chi connectivity index (χ0v) is 21.2. The zero-order chi connectivity index (χ0) is 25.7. The maximum Gasteiger partial charge on any atom is 0.259 e. The Labute approximate surface area is 210 Å². The fourth-order valence-electron chi connectivity index (χ4n) is 4.40. The van der Waals surface area contributed by atoms with Gasteiger partial charge in [0.2, 0.25) is 5.91 Å². The van der Waals surface area contributed by atoms with Crippen LogP contribution in [-0.4, -0.2) is 79.5 Å². The molecule has 2 aromatic rings. The van der Waals surface area contributed by atoms with E-state index < -0.39 is 0 Å². The number of rotatable bonds is 2. The number of fused-ring (bicyclic) bond motifs is 2. The molecule has 0 spiro atoms. The van der Waals surface area contributed by atoms with Crippen LogP contribution in [0.4, 0.5) is 17.3 Å². The van der Waals surface area contributed by atoms with E-state index in [0.29, 0.717) is 60.3 Å². The smallest absolute Gasteiger partial charge is 0.259 e. The molecule has 2 aliphatic rings. The molecule has 0 unspecified atom stereocenters. The summed E-state index contributed by atoms with van der Waals surface area (Å²) in [7, 11) is 7.04. The Bertz CT molecular complexity index is 1170. The molecule has 11 heteroatoms. The molecular formula is C25H33N7O4. The van der Waals surface area contributed by atoms with Crippen molar-refractivity contribution in [1.82, 2.24) is 19.8 Å². The van der Waals surface area contributed by atoms with Crippen molar-refractivity contribution < 1.29 is 19.1 Å². The topological polar surface area (TPSA) is 121 Å². The van der Waals surface area contributed by atoms with Gasteiger partial charge in [-0.15, -0.1) is 0 Å². The first-order valence-corrected chi connectivity index (χ1v) is 12.0. The second kappa shape index (κ2) is 11.3. The monoisotopic (exact) mass is 495 g/mol. The Morgan fingerprint density at radius 3 is 2.58 bits per heavy atom. The Morgan fingerprint density at radius 1 is 1.00 bits per heavy atom. The molecule has 3 heterocycles. The number of anilines is 3. The highest BCUT2D eigenvalue weighted by Crippen LogP contribution is 2.37. The van der Waals surface area contributed by atoms with Crippen molar-refractivity contribution in [1.29, 1.82) is 0 Å². The second-order valence-electron chi connectivity index (χ2n) is 8.91. The van der Waals surface area contributed by atoms with Crippen LogP contribution in [0.2, 0.25) is 0 Å². The van der Waals surface area contributed by atoms with Crippen LogP contribution in [0.5, 0.6) is 11.5 Å². The number of nitrogens with one attached hydrogen (secondary N) is 3. The molecule has 2 amide bonds. The summed E-state index contributed by atoms with van der Waals surface area (Å²) in [5.74, 6) is 2.10. The predicted octanol–water partition coefficient (Wildman–Crippen LogP) is 2.38. The van der Waals surface area contributed by atoms with Gasteiger partial charge in [-0.25, -0.2) is 9.97 Å². The zero-order valence-electron chi connectivity index (χ0n) is 21.2. The lowest BCUT2D eigenvalue weighted by molar-refractivity contribution is -0.130. The summed E-state index contributed by atoms with van der Waals surface area (Å²) in [5.41, 5.74) is 2.69. The first-order chi connectivity index (χ1) is 17.4. The van der Waals surface area contributed by atoms with E-state index in [1.807, 2.05) is 26.2 Å². The van der Waals surface area contributed by atoms with Crippen LogP contribution in [0.15, 0.2) is 24.7 Å². The van der Waals surface area contributed by atoms with Crippen LogP contribution in [0.1, 0.15) is 30.4 Å². The number of hydrogen-bond donors (Lipinski definition) is 3. The molecule has 0 saturated carbocycles. The van der Waals surface area contributed by atoms with Crippen LogP contribution in [0.3, 0.4) is 0 Å². The quantitative estimate of drug-likeness (QED) is 0.577. The van der Waals surface area contributed by atoms with Gasteiger partial charge in [-0.2, -0.15) is 0 Å². The summed E-state index contributed by atoms with van der Waals surface area (Å²) in [4.78, 5) is 37.8. The summed E-state index contributed by atoms with van der Waals surface area (Å²) in [6, 6.07) is 3.79. The molecule has 192 valence electrons. The number of nitrogens with zero attached hydrogens (tertiary/aromatic N) is 4. The number of hydrogen-bond acceptors (Lipinski definition) is 9. The first-order valence-electron chi connectivity index (χ1n) is 12.0. The molecule has 0 atom stereocenters. The molecular weight excluding hydrogens is 462 g/mol. The molecule has 0 radical (unpaired) electrons. The van der Waals surface area contributed by atoms with Gasteiger partial charge in [-0.1, -0.05) is 0 Å². The molecule has 11 nitrogen and oxygen atoms in total. The molecule has 2 bridgehead atoms. The molecule has 0 aliphatic carbocycles. The van der Waals surface area contributed by atoms with Crippen LogP contribution in [0, 0.1) is 0 Å². The van der Waals surface area contributed by atoms with Crippen molar-refractivity contribution in [2.75, 3.05) is 63.9 Å². The van der Waals surface area contributed by atoms with Gasteiger partial charge in [-0.05, 0) is 32.5 Å². The number of methoxy groups -OCH3 is 2. The number of aromatic nitrogens is 2. The van der Waals surface area contributed by atoms with Crippen molar-refractivity contribution in [3.8, 4) is 11.5 Å². The number of carbonyl (C=O) groups is 2. The Hall–Kier alpha value is -3.86. The predicted molar refractivity (Wildman–Crippen MR) is 138 cm³/mol. The van der Waals surface area contributed by atoms with E-state index in [-0.39, 0.29) is 11.8 Å². The Morgan fingerprint density at radius 2 is 1.81 bits per heavy atom. The fourth-order valence-corrected chi connectivity index (χ4v) is 4.40. The van der Waals surface area contributed by atoms with Gasteiger partial charge in [0.05, 0.1) is 25.4 Å². The lowest BCUT2D eigenvalue weighted by atomic mass is 10.1. The molecule has 0 saturated heterocycles. The largest absolute Gasteiger partial charge is 0.493 e. The summed E-state index contributed by atoms with van der Waals surface area (Å²) in [5, 5.41) is 9.34. The maximum atomic E-state index is 12.8.